The number of aromatic nitrogens is 4. The third kappa shape index (κ3) is 1.67. The van der Waals surface area contributed by atoms with Gasteiger partial charge in [0, 0.05) is 43.0 Å². The van der Waals surface area contributed by atoms with Gasteiger partial charge in [-0.3, -0.25) is 4.68 Å². The third-order valence-corrected chi connectivity index (χ3v) is 3.29. The van der Waals surface area contributed by atoms with E-state index in [4.69, 9.17) is 0 Å². The summed E-state index contributed by atoms with van der Waals surface area (Å²) in [4.78, 5) is 4.26. The van der Waals surface area contributed by atoms with Crippen molar-refractivity contribution in [3.63, 3.8) is 0 Å². The van der Waals surface area contributed by atoms with Crippen molar-refractivity contribution in [3.05, 3.63) is 35.5 Å². The van der Waals surface area contributed by atoms with Gasteiger partial charge >= 0.3 is 0 Å². The molecule has 0 N–H and O–H groups in total. The summed E-state index contributed by atoms with van der Waals surface area (Å²) in [5.41, 5.74) is 3.42. The second kappa shape index (κ2) is 3.70. The molecule has 5 heteroatoms. The predicted molar refractivity (Wildman–Crippen MR) is 70.6 cm³/mol. The molecule has 0 amide bonds. The second-order valence-electron chi connectivity index (χ2n) is 4.08. The fourth-order valence-corrected chi connectivity index (χ4v) is 2.37. The molecule has 0 aliphatic carbocycles. The molecule has 0 fully saturated rings. The van der Waals surface area contributed by atoms with Crippen LogP contribution in [0.5, 0.6) is 0 Å². The standard InChI is InChI=1S/C12H11BrN4/c1-16-7-10(8-4-15-17(2)6-8)9-3-12(13)14-5-11(9)16/h3-7H,1-2H3. The average Bonchev–Trinajstić information content (AvgIpc) is 2.83. The van der Waals surface area contributed by atoms with Crippen molar-refractivity contribution in [2.45, 2.75) is 0 Å². The molecule has 0 saturated heterocycles. The number of halogens is 1. The number of fused-ring (bicyclic) bond motifs is 1. The lowest BCUT2D eigenvalue weighted by molar-refractivity contribution is 0.768. The smallest absolute Gasteiger partial charge is 0.106 e. The van der Waals surface area contributed by atoms with Crippen molar-refractivity contribution in [1.82, 2.24) is 19.3 Å². The van der Waals surface area contributed by atoms with Gasteiger partial charge in [-0.15, -0.1) is 0 Å². The minimum atomic E-state index is 0.848. The molecule has 0 aliphatic rings. The van der Waals surface area contributed by atoms with Gasteiger partial charge < -0.3 is 4.57 Å². The molecule has 4 nitrogen and oxygen atoms in total. The van der Waals surface area contributed by atoms with E-state index in [2.05, 4.69) is 36.8 Å². The van der Waals surface area contributed by atoms with Crippen molar-refractivity contribution >= 4 is 26.8 Å². The summed E-state index contributed by atoms with van der Waals surface area (Å²) >= 11 is 3.41. The molecule has 0 bridgehead atoms. The Morgan fingerprint density at radius 3 is 2.71 bits per heavy atom. The van der Waals surface area contributed by atoms with Crippen molar-refractivity contribution in [2.24, 2.45) is 14.1 Å². The minimum Gasteiger partial charge on any atom is -0.349 e. The Hall–Kier alpha value is -1.62. The molecule has 0 spiro atoms. The molecule has 0 aromatic carbocycles. The van der Waals surface area contributed by atoms with Gasteiger partial charge in [-0.25, -0.2) is 4.98 Å². The first kappa shape index (κ1) is 10.5. The summed E-state index contributed by atoms with van der Waals surface area (Å²) in [6.45, 7) is 0. The first-order chi connectivity index (χ1) is 8.15. The van der Waals surface area contributed by atoms with Crippen LogP contribution in [0, 0.1) is 0 Å². The van der Waals surface area contributed by atoms with E-state index in [0.29, 0.717) is 0 Å². The summed E-state index contributed by atoms with van der Waals surface area (Å²) in [7, 11) is 3.95. The fourth-order valence-electron chi connectivity index (χ4n) is 2.04. The van der Waals surface area contributed by atoms with Crippen LogP contribution in [-0.4, -0.2) is 19.3 Å². The van der Waals surface area contributed by atoms with Crippen molar-refractivity contribution in [2.75, 3.05) is 0 Å². The van der Waals surface area contributed by atoms with Crippen LogP contribution in [0.25, 0.3) is 22.0 Å². The minimum absolute atomic E-state index is 0.848. The van der Waals surface area contributed by atoms with E-state index in [1.54, 1.807) is 0 Å². The normalized spacial score (nSPS) is 11.2. The molecule has 3 rings (SSSR count). The highest BCUT2D eigenvalue weighted by atomic mass is 79.9. The molecule has 0 unspecified atom stereocenters. The zero-order valence-corrected chi connectivity index (χ0v) is 11.1. The van der Waals surface area contributed by atoms with Crippen molar-refractivity contribution in [1.29, 1.82) is 0 Å². The van der Waals surface area contributed by atoms with Crippen molar-refractivity contribution in [3.8, 4) is 11.1 Å². The number of pyridine rings is 1. The largest absolute Gasteiger partial charge is 0.349 e. The van der Waals surface area contributed by atoms with Crippen LogP contribution >= 0.6 is 15.9 Å². The fraction of sp³-hybridized carbons (Fsp3) is 0.167. The molecule has 0 atom stereocenters. The monoisotopic (exact) mass is 290 g/mol. The molecule has 0 radical (unpaired) electrons. The molecular weight excluding hydrogens is 280 g/mol. The van der Waals surface area contributed by atoms with Gasteiger partial charge in [-0.05, 0) is 22.0 Å². The van der Waals surface area contributed by atoms with E-state index < -0.39 is 0 Å². The Balaban J connectivity index is 2.33. The highest BCUT2D eigenvalue weighted by Crippen LogP contribution is 2.30. The molecule has 3 heterocycles. The zero-order chi connectivity index (χ0) is 12.0. The van der Waals surface area contributed by atoms with E-state index in [-0.39, 0.29) is 0 Å². The van der Waals surface area contributed by atoms with Gasteiger partial charge in [0.1, 0.15) is 4.60 Å². The first-order valence-electron chi connectivity index (χ1n) is 5.25. The molecule has 3 aromatic heterocycles. The van der Waals surface area contributed by atoms with Crippen LogP contribution < -0.4 is 0 Å². The van der Waals surface area contributed by atoms with Crippen LogP contribution in [0.4, 0.5) is 0 Å². The summed E-state index contributed by atoms with van der Waals surface area (Å²) in [5, 5.41) is 5.39. The number of rotatable bonds is 1. The quantitative estimate of drug-likeness (QED) is 0.646. The highest BCUT2D eigenvalue weighted by Gasteiger charge is 2.10. The van der Waals surface area contributed by atoms with Crippen LogP contribution in [0.15, 0.2) is 35.5 Å². The Morgan fingerprint density at radius 1 is 1.18 bits per heavy atom. The number of aryl methyl sites for hydroxylation is 2. The molecule has 17 heavy (non-hydrogen) atoms. The average molecular weight is 291 g/mol. The highest BCUT2D eigenvalue weighted by molar-refractivity contribution is 9.10. The maximum atomic E-state index is 4.26. The van der Waals surface area contributed by atoms with Crippen LogP contribution in [-0.2, 0) is 14.1 Å². The predicted octanol–water partition coefficient (Wildman–Crippen LogP) is 2.74. The molecule has 0 aliphatic heterocycles. The van der Waals surface area contributed by atoms with Gasteiger partial charge in [0.15, 0.2) is 0 Å². The van der Waals surface area contributed by atoms with Gasteiger partial charge in [-0.1, -0.05) is 0 Å². The van der Waals surface area contributed by atoms with E-state index in [9.17, 15) is 0 Å². The van der Waals surface area contributed by atoms with Gasteiger partial charge in [-0.2, -0.15) is 5.10 Å². The molecule has 3 aromatic rings. The third-order valence-electron chi connectivity index (χ3n) is 2.86. The molecular formula is C12H11BrN4. The summed E-state index contributed by atoms with van der Waals surface area (Å²) < 4.78 is 4.74. The second-order valence-corrected chi connectivity index (χ2v) is 4.89. The van der Waals surface area contributed by atoms with E-state index in [1.165, 1.54) is 10.9 Å². The van der Waals surface area contributed by atoms with Gasteiger partial charge in [0.2, 0.25) is 0 Å². The lowest BCUT2D eigenvalue weighted by Gasteiger charge is -1.96. The Kier molecular flexibility index (Phi) is 2.29. The van der Waals surface area contributed by atoms with Crippen LogP contribution in [0.1, 0.15) is 0 Å². The number of nitrogens with zero attached hydrogens (tertiary/aromatic N) is 4. The van der Waals surface area contributed by atoms with Crippen LogP contribution in [0.3, 0.4) is 0 Å². The Labute approximate surface area is 107 Å². The van der Waals surface area contributed by atoms with Crippen LogP contribution in [0.2, 0.25) is 0 Å². The molecule has 86 valence electrons. The summed E-state index contributed by atoms with van der Waals surface area (Å²) in [6.07, 6.45) is 7.88. The van der Waals surface area contributed by atoms with E-state index in [0.717, 1.165) is 15.7 Å². The Bertz CT molecular complexity index is 696. The number of hydrogen-bond donors (Lipinski definition) is 0. The van der Waals surface area contributed by atoms with E-state index in [1.807, 2.05) is 43.4 Å². The van der Waals surface area contributed by atoms with Gasteiger partial charge in [0.25, 0.3) is 0 Å². The maximum absolute atomic E-state index is 4.26. The lowest BCUT2D eigenvalue weighted by Crippen LogP contribution is -1.84. The van der Waals surface area contributed by atoms with Crippen molar-refractivity contribution < 1.29 is 0 Å². The summed E-state index contributed by atoms with van der Waals surface area (Å²) in [6, 6.07) is 2.04. The summed E-state index contributed by atoms with van der Waals surface area (Å²) in [5.74, 6) is 0. The molecule has 0 saturated carbocycles. The van der Waals surface area contributed by atoms with Gasteiger partial charge in [0.05, 0.1) is 17.9 Å². The zero-order valence-electron chi connectivity index (χ0n) is 9.55. The first-order valence-corrected chi connectivity index (χ1v) is 6.04. The topological polar surface area (TPSA) is 35.6 Å². The SMILES string of the molecule is Cn1cc(-c2cn(C)c3cnc(Br)cc23)cn1. The Morgan fingerprint density at radius 2 is 2.00 bits per heavy atom. The number of hydrogen-bond acceptors (Lipinski definition) is 2. The lowest BCUT2D eigenvalue weighted by atomic mass is 10.1. The maximum Gasteiger partial charge on any atom is 0.106 e. The van der Waals surface area contributed by atoms with E-state index >= 15 is 0 Å².